The van der Waals surface area contributed by atoms with E-state index in [2.05, 4.69) is 0 Å². The van der Waals surface area contributed by atoms with E-state index in [0.29, 0.717) is 12.5 Å². The Morgan fingerprint density at radius 1 is 1.29 bits per heavy atom. The number of carboxylic acid groups (broad SMARTS) is 1. The number of likely N-dealkylation sites (tertiary alicyclic amines) is 1. The van der Waals surface area contributed by atoms with Crippen LogP contribution in [0.5, 0.6) is 0 Å². The van der Waals surface area contributed by atoms with Crippen molar-refractivity contribution in [3.05, 3.63) is 23.8 Å². The monoisotopic (exact) mass is 514 g/mol. The van der Waals surface area contributed by atoms with E-state index in [0.717, 1.165) is 21.9 Å². The number of halogens is 3. The SMILES string of the molecule is N#CC1(C(N)=O)CC1N1C[C@H](S(=O)(=O)c2ccc(N3CCCC3=O)cc2C(F)(F)F)C[C@H]1C(=O)O. The number of amides is 2. The van der Waals surface area contributed by atoms with Gasteiger partial charge >= 0.3 is 12.1 Å². The number of hydrogen-bond acceptors (Lipinski definition) is 7. The molecule has 4 atom stereocenters. The predicted molar refractivity (Wildman–Crippen MR) is 112 cm³/mol. The Kier molecular flexibility index (Phi) is 5.84. The molecule has 35 heavy (non-hydrogen) atoms. The highest BCUT2D eigenvalue weighted by atomic mass is 32.2. The highest BCUT2D eigenvalue weighted by molar-refractivity contribution is 7.92. The molecule has 1 aromatic rings. The number of carbonyl (C=O) groups is 3. The van der Waals surface area contributed by atoms with Crippen LogP contribution in [0.15, 0.2) is 23.1 Å². The molecular weight excluding hydrogens is 493 g/mol. The molecule has 3 fully saturated rings. The topological polar surface area (TPSA) is 162 Å². The summed E-state index contributed by atoms with van der Waals surface area (Å²) in [7, 11) is -4.70. The first-order valence-corrected chi connectivity index (χ1v) is 12.2. The molecule has 3 N–H and O–H groups in total. The first kappa shape index (κ1) is 24.9. The summed E-state index contributed by atoms with van der Waals surface area (Å²) >= 11 is 0. The quantitative estimate of drug-likeness (QED) is 0.566. The van der Waals surface area contributed by atoms with Gasteiger partial charge in [-0.25, -0.2) is 8.42 Å². The molecule has 0 radical (unpaired) electrons. The van der Waals surface area contributed by atoms with Crippen molar-refractivity contribution in [3.63, 3.8) is 0 Å². The van der Waals surface area contributed by atoms with E-state index in [1.165, 1.54) is 0 Å². The van der Waals surface area contributed by atoms with Crippen molar-refractivity contribution < 1.29 is 41.1 Å². The highest BCUT2D eigenvalue weighted by Gasteiger charge is 2.66. The van der Waals surface area contributed by atoms with E-state index in [1.54, 1.807) is 6.07 Å². The number of aliphatic carboxylic acids is 1. The molecule has 4 rings (SSSR count). The van der Waals surface area contributed by atoms with Gasteiger partial charge in [-0.05, 0) is 37.5 Å². The maximum absolute atomic E-state index is 13.9. The minimum atomic E-state index is -5.07. The van der Waals surface area contributed by atoms with E-state index >= 15 is 0 Å². The second kappa shape index (κ2) is 8.20. The minimum Gasteiger partial charge on any atom is -0.480 e. The van der Waals surface area contributed by atoms with Gasteiger partial charge in [0, 0.05) is 31.2 Å². The number of anilines is 1. The number of carbonyl (C=O) groups excluding carboxylic acids is 2. The zero-order valence-corrected chi connectivity index (χ0v) is 19.0. The Hall–Kier alpha value is -3.18. The van der Waals surface area contributed by atoms with Crippen LogP contribution in [0.25, 0.3) is 0 Å². The Morgan fingerprint density at radius 2 is 1.97 bits per heavy atom. The largest absolute Gasteiger partial charge is 0.480 e. The number of primary amides is 1. The normalized spacial score (nSPS) is 29.3. The average Bonchev–Trinajstić information content (AvgIpc) is 3.11. The molecule has 1 saturated carbocycles. The van der Waals surface area contributed by atoms with E-state index in [-0.39, 0.29) is 31.0 Å². The fourth-order valence-electron chi connectivity index (χ4n) is 4.98. The van der Waals surface area contributed by atoms with Gasteiger partial charge in [0.15, 0.2) is 15.3 Å². The van der Waals surface area contributed by atoms with Crippen LogP contribution >= 0.6 is 0 Å². The lowest BCUT2D eigenvalue weighted by atomic mass is 10.1. The first-order chi connectivity index (χ1) is 16.2. The molecule has 0 bridgehead atoms. The fraction of sp³-hybridized carbons (Fsp3) is 0.524. The van der Waals surface area contributed by atoms with Crippen molar-refractivity contribution in [2.45, 2.75) is 54.1 Å². The van der Waals surface area contributed by atoms with Crippen LogP contribution in [0.3, 0.4) is 0 Å². The Labute approximate surface area is 198 Å². The Bertz CT molecular complexity index is 1260. The summed E-state index contributed by atoms with van der Waals surface area (Å²) in [6, 6.07) is 1.91. The van der Waals surface area contributed by atoms with Crippen LogP contribution in [-0.2, 0) is 30.4 Å². The van der Waals surface area contributed by atoms with Crippen molar-refractivity contribution in [1.29, 1.82) is 5.26 Å². The van der Waals surface area contributed by atoms with Crippen LogP contribution in [0.1, 0.15) is 31.2 Å². The summed E-state index contributed by atoms with van der Waals surface area (Å²) in [5, 5.41) is 17.4. The maximum Gasteiger partial charge on any atom is 0.417 e. The van der Waals surface area contributed by atoms with Crippen molar-refractivity contribution >= 4 is 33.3 Å². The van der Waals surface area contributed by atoms with E-state index in [4.69, 9.17) is 5.73 Å². The molecule has 2 aliphatic heterocycles. The summed E-state index contributed by atoms with van der Waals surface area (Å²) in [6.45, 7) is -0.271. The molecular formula is C21H21F3N4O6S. The number of sulfone groups is 1. The standard InChI is InChI=1S/C21H21F3N4O6S/c22-21(23,24)13-6-11(27-5-1-2-17(27)29)3-4-15(13)35(33,34)12-7-14(18(30)31)28(9-12)16-8-20(16,10-25)19(26)32/h3-4,6,12,14,16H,1-2,5,7-9H2,(H2,26,32)(H,30,31)/t12-,14+,16?,20?/m1/s1. The van der Waals surface area contributed by atoms with Gasteiger partial charge < -0.3 is 15.7 Å². The van der Waals surface area contributed by atoms with Crippen LogP contribution in [0.2, 0.25) is 0 Å². The lowest BCUT2D eigenvalue weighted by Crippen LogP contribution is -2.42. The number of nitriles is 1. The fourth-order valence-corrected chi connectivity index (χ4v) is 6.88. The predicted octanol–water partition coefficient (Wildman–Crippen LogP) is 0.901. The third-order valence-corrected chi connectivity index (χ3v) is 9.14. The number of alkyl halides is 3. The number of rotatable bonds is 6. The second-order valence-electron chi connectivity index (χ2n) is 8.95. The molecule has 188 valence electrons. The first-order valence-electron chi connectivity index (χ1n) is 10.7. The van der Waals surface area contributed by atoms with E-state index in [9.17, 15) is 46.3 Å². The molecule has 0 aromatic heterocycles. The van der Waals surface area contributed by atoms with Gasteiger partial charge in [0.1, 0.15) is 6.04 Å². The van der Waals surface area contributed by atoms with Gasteiger partial charge in [0.2, 0.25) is 11.8 Å². The third kappa shape index (κ3) is 4.02. The van der Waals surface area contributed by atoms with Crippen molar-refractivity contribution in [2.24, 2.45) is 11.1 Å². The van der Waals surface area contributed by atoms with Gasteiger partial charge in [-0.3, -0.25) is 19.3 Å². The molecule has 0 spiro atoms. The number of nitrogens with zero attached hydrogens (tertiary/aromatic N) is 3. The summed E-state index contributed by atoms with van der Waals surface area (Å²) < 4.78 is 68.5. The van der Waals surface area contributed by atoms with Gasteiger partial charge in [0.05, 0.1) is 21.8 Å². The zero-order chi connectivity index (χ0) is 25.9. The zero-order valence-electron chi connectivity index (χ0n) is 18.2. The lowest BCUT2D eigenvalue weighted by Gasteiger charge is -2.22. The molecule has 1 aliphatic carbocycles. The summed E-state index contributed by atoms with van der Waals surface area (Å²) in [4.78, 5) is 36.8. The van der Waals surface area contributed by atoms with Gasteiger partial charge in [-0.15, -0.1) is 0 Å². The maximum atomic E-state index is 13.9. The van der Waals surface area contributed by atoms with E-state index in [1.807, 2.05) is 0 Å². The highest BCUT2D eigenvalue weighted by Crippen LogP contribution is 2.52. The van der Waals surface area contributed by atoms with Crippen molar-refractivity contribution in [3.8, 4) is 6.07 Å². The number of nitrogens with two attached hydrogens (primary N) is 1. The third-order valence-electron chi connectivity index (χ3n) is 6.95. The van der Waals surface area contributed by atoms with Crippen molar-refractivity contribution in [2.75, 3.05) is 18.0 Å². The van der Waals surface area contributed by atoms with Crippen LogP contribution in [0.4, 0.5) is 18.9 Å². The van der Waals surface area contributed by atoms with Crippen LogP contribution in [-0.4, -0.2) is 66.6 Å². The molecule has 2 amide bonds. The van der Waals surface area contributed by atoms with Crippen LogP contribution in [0, 0.1) is 16.7 Å². The lowest BCUT2D eigenvalue weighted by molar-refractivity contribution is -0.143. The number of hydrogen-bond donors (Lipinski definition) is 2. The van der Waals surface area contributed by atoms with Gasteiger partial charge in [-0.1, -0.05) is 0 Å². The molecule has 3 aliphatic rings. The van der Waals surface area contributed by atoms with Crippen LogP contribution < -0.4 is 10.6 Å². The van der Waals surface area contributed by atoms with E-state index < -0.39 is 74.1 Å². The molecule has 2 heterocycles. The van der Waals surface area contributed by atoms with Gasteiger partial charge in [-0.2, -0.15) is 18.4 Å². The smallest absolute Gasteiger partial charge is 0.417 e. The molecule has 1 aromatic carbocycles. The van der Waals surface area contributed by atoms with Gasteiger partial charge in [0.25, 0.3) is 0 Å². The Morgan fingerprint density at radius 3 is 2.46 bits per heavy atom. The molecule has 2 unspecified atom stereocenters. The summed E-state index contributed by atoms with van der Waals surface area (Å²) in [6.07, 6.45) is -5.05. The average molecular weight is 514 g/mol. The molecule has 10 nitrogen and oxygen atoms in total. The Balaban J connectivity index is 1.70. The summed E-state index contributed by atoms with van der Waals surface area (Å²) in [5.74, 6) is -2.78. The minimum absolute atomic E-state index is 0.0755. The molecule has 14 heteroatoms. The number of benzene rings is 1. The van der Waals surface area contributed by atoms with Crippen molar-refractivity contribution in [1.82, 2.24) is 4.90 Å². The number of carboxylic acids is 1. The second-order valence-corrected chi connectivity index (χ2v) is 11.1. The summed E-state index contributed by atoms with van der Waals surface area (Å²) in [5.41, 5.74) is 2.07. The molecule has 2 saturated heterocycles.